The topological polar surface area (TPSA) is 17.8 Å². The Kier molecular flexibility index (Phi) is 12.8. The lowest BCUT2D eigenvalue weighted by Crippen LogP contribution is -2.25. The minimum Gasteiger partial charge on any atom is -0.341 e. The van der Waals surface area contributed by atoms with E-state index in [2.05, 4.69) is 177 Å². The van der Waals surface area contributed by atoms with Gasteiger partial charge in [0.25, 0.3) is 0 Å². The number of nitrogens with zero attached hydrogens (tertiary/aromatic N) is 2. The molecule has 0 saturated carbocycles. The fraction of sp³-hybridized carbons (Fsp3) is 0.317. The van der Waals surface area contributed by atoms with Crippen LogP contribution in [-0.4, -0.2) is 9.55 Å². The number of pyridine rings is 1. The molecule has 0 radical (unpaired) electrons. The van der Waals surface area contributed by atoms with Crippen LogP contribution in [0.15, 0.2) is 152 Å². The van der Waals surface area contributed by atoms with Crippen molar-refractivity contribution >= 4 is 21.8 Å². The third kappa shape index (κ3) is 8.29. The number of para-hydroxylation sites is 1. The molecule has 0 spiro atoms. The van der Waals surface area contributed by atoms with Gasteiger partial charge in [-0.3, -0.25) is 0 Å². The first-order valence-corrected chi connectivity index (χ1v) is 24.1. The molecule has 0 N–H and O–H groups in total. The Hall–Kier alpha value is -5.73. The van der Waals surface area contributed by atoms with E-state index in [1.807, 2.05) is 0 Å². The van der Waals surface area contributed by atoms with Crippen LogP contribution in [0.4, 0.5) is 0 Å². The first kappa shape index (κ1) is 41.6. The van der Waals surface area contributed by atoms with Crippen LogP contribution < -0.4 is 0 Å². The Morgan fingerprint density at radius 1 is 0.387 bits per heavy atom. The number of hydrogen-bond acceptors (Lipinski definition) is 1. The zero-order chi connectivity index (χ0) is 42.3. The monoisotopic (exact) mass is 813 g/mol. The van der Waals surface area contributed by atoms with E-state index in [0.717, 1.165) is 29.1 Å². The van der Waals surface area contributed by atoms with E-state index in [0.29, 0.717) is 0 Å². The number of unbranched alkanes of at least 4 members (excludes halogenated alkanes) is 10. The fourth-order valence-corrected chi connectivity index (χ4v) is 10.7. The van der Waals surface area contributed by atoms with Crippen molar-refractivity contribution in [2.75, 3.05) is 0 Å². The van der Waals surface area contributed by atoms with Gasteiger partial charge in [-0.25, -0.2) is 4.98 Å². The summed E-state index contributed by atoms with van der Waals surface area (Å²) in [7, 11) is 0. The second-order valence-corrected chi connectivity index (χ2v) is 18.0. The van der Waals surface area contributed by atoms with Crippen molar-refractivity contribution in [3.8, 4) is 55.9 Å². The molecule has 0 amide bonds. The third-order valence-electron chi connectivity index (χ3n) is 14.0. The molecule has 2 nitrogen and oxygen atoms in total. The molecule has 2 heteroatoms. The molecule has 0 unspecified atom stereocenters. The van der Waals surface area contributed by atoms with Crippen molar-refractivity contribution in [1.82, 2.24) is 9.55 Å². The zero-order valence-corrected chi connectivity index (χ0v) is 37.4. The van der Waals surface area contributed by atoms with Gasteiger partial charge in [-0.05, 0) is 101 Å². The maximum atomic E-state index is 5.32. The van der Waals surface area contributed by atoms with E-state index in [9.17, 15) is 0 Å². The molecule has 1 aliphatic rings. The van der Waals surface area contributed by atoms with Gasteiger partial charge in [0.1, 0.15) is 0 Å². The zero-order valence-electron chi connectivity index (χ0n) is 37.4. The van der Waals surface area contributed by atoms with Gasteiger partial charge in [0.05, 0.1) is 11.4 Å². The van der Waals surface area contributed by atoms with Crippen molar-refractivity contribution in [3.05, 3.63) is 163 Å². The van der Waals surface area contributed by atoms with Gasteiger partial charge < -0.3 is 4.57 Å². The fourth-order valence-electron chi connectivity index (χ4n) is 10.7. The summed E-state index contributed by atoms with van der Waals surface area (Å²) >= 11 is 0. The van der Waals surface area contributed by atoms with Crippen LogP contribution in [-0.2, 0) is 12.0 Å². The van der Waals surface area contributed by atoms with E-state index in [1.54, 1.807) is 11.1 Å². The summed E-state index contributed by atoms with van der Waals surface area (Å²) in [5, 5.41) is 2.60. The van der Waals surface area contributed by atoms with E-state index in [-0.39, 0.29) is 5.41 Å². The Bertz CT molecular complexity index is 2740. The average molecular weight is 813 g/mol. The van der Waals surface area contributed by atoms with Crippen LogP contribution in [0, 0.1) is 0 Å². The summed E-state index contributed by atoms with van der Waals surface area (Å²) in [6.07, 6.45) is 18.5. The van der Waals surface area contributed by atoms with E-state index >= 15 is 0 Å². The van der Waals surface area contributed by atoms with Crippen LogP contribution in [0.5, 0.6) is 0 Å². The molecule has 0 saturated heterocycles. The SMILES string of the molecule is CCCCCCCCC1(CCCCCCCC)c2ccccc2-c2ccc(-c3ccc(-c4cc(-c5ccc6c(c5)c5ccccc5n6CC)cc(-c5ccccc5)n4)cc3)cc21. The summed E-state index contributed by atoms with van der Waals surface area (Å²) in [6, 6.07) is 56.9. The summed E-state index contributed by atoms with van der Waals surface area (Å²) in [5.41, 5.74) is 17.9. The molecule has 2 heterocycles. The predicted octanol–water partition coefficient (Wildman–Crippen LogP) is 17.6. The average Bonchev–Trinajstić information content (AvgIpc) is 3.80. The third-order valence-corrected chi connectivity index (χ3v) is 14.0. The van der Waals surface area contributed by atoms with Crippen molar-refractivity contribution in [1.29, 1.82) is 0 Å². The van der Waals surface area contributed by atoms with Crippen molar-refractivity contribution < 1.29 is 0 Å². The molecule has 2 aromatic heterocycles. The van der Waals surface area contributed by atoms with Crippen LogP contribution in [0.2, 0.25) is 0 Å². The molecule has 62 heavy (non-hydrogen) atoms. The second kappa shape index (κ2) is 19.1. The molecular weight excluding hydrogens is 749 g/mol. The smallest absolute Gasteiger partial charge is 0.0715 e. The van der Waals surface area contributed by atoms with Gasteiger partial charge in [0, 0.05) is 44.9 Å². The number of rotatable bonds is 19. The Labute approximate surface area is 371 Å². The quantitative estimate of drug-likeness (QED) is 0.0744. The van der Waals surface area contributed by atoms with Gasteiger partial charge in [-0.15, -0.1) is 0 Å². The van der Waals surface area contributed by atoms with Crippen LogP contribution in [0.1, 0.15) is 122 Å². The Morgan fingerprint density at radius 3 is 1.63 bits per heavy atom. The maximum Gasteiger partial charge on any atom is 0.0715 e. The van der Waals surface area contributed by atoms with E-state index in [1.165, 1.54) is 145 Å². The molecule has 8 aromatic rings. The van der Waals surface area contributed by atoms with Crippen LogP contribution in [0.3, 0.4) is 0 Å². The number of aryl methyl sites for hydroxylation is 1. The summed E-state index contributed by atoms with van der Waals surface area (Å²) < 4.78 is 2.42. The Morgan fingerprint density at radius 2 is 0.919 bits per heavy atom. The molecule has 0 fully saturated rings. The minimum atomic E-state index is 0.0735. The highest BCUT2D eigenvalue weighted by atomic mass is 15.0. The molecule has 1 aliphatic carbocycles. The normalized spacial score (nSPS) is 12.9. The summed E-state index contributed by atoms with van der Waals surface area (Å²) in [4.78, 5) is 5.32. The summed E-state index contributed by atoms with van der Waals surface area (Å²) in [6.45, 7) is 7.81. The first-order chi connectivity index (χ1) is 30.6. The molecule has 0 atom stereocenters. The second-order valence-electron chi connectivity index (χ2n) is 18.0. The lowest BCUT2D eigenvalue weighted by Gasteiger charge is -2.33. The molecule has 9 rings (SSSR count). The number of aromatic nitrogens is 2. The number of benzene rings is 6. The van der Waals surface area contributed by atoms with Gasteiger partial charge in [-0.1, -0.05) is 206 Å². The maximum absolute atomic E-state index is 5.32. The van der Waals surface area contributed by atoms with Gasteiger partial charge >= 0.3 is 0 Å². The van der Waals surface area contributed by atoms with Crippen LogP contribution in [0.25, 0.3) is 77.7 Å². The highest BCUT2D eigenvalue weighted by Crippen LogP contribution is 2.55. The lowest BCUT2D eigenvalue weighted by atomic mass is 9.70. The highest BCUT2D eigenvalue weighted by Gasteiger charge is 2.42. The van der Waals surface area contributed by atoms with Crippen molar-refractivity contribution in [3.63, 3.8) is 0 Å². The van der Waals surface area contributed by atoms with Gasteiger partial charge in [-0.2, -0.15) is 0 Å². The van der Waals surface area contributed by atoms with Gasteiger partial charge in [0.2, 0.25) is 0 Å². The molecule has 314 valence electrons. The number of hydrogen-bond donors (Lipinski definition) is 0. The molecular formula is C60H64N2. The van der Waals surface area contributed by atoms with E-state index < -0.39 is 0 Å². The minimum absolute atomic E-state index is 0.0735. The number of fused-ring (bicyclic) bond motifs is 6. The van der Waals surface area contributed by atoms with Crippen molar-refractivity contribution in [2.45, 2.75) is 123 Å². The molecule has 0 bridgehead atoms. The van der Waals surface area contributed by atoms with Crippen molar-refractivity contribution in [2.24, 2.45) is 0 Å². The lowest BCUT2D eigenvalue weighted by molar-refractivity contribution is 0.398. The largest absolute Gasteiger partial charge is 0.341 e. The highest BCUT2D eigenvalue weighted by molar-refractivity contribution is 6.09. The Balaban J connectivity index is 1.06. The van der Waals surface area contributed by atoms with Gasteiger partial charge in [0.15, 0.2) is 0 Å². The standard InChI is InChI=1S/C60H64N2/c1-4-7-9-11-13-22-38-60(39-23-14-12-10-8-5-2)54-28-20-18-26-50(54)51-36-34-48(41-55(51)60)44-30-32-46(33-31-44)57-43-49(42-56(61-57)45-24-16-15-17-25-45)47-35-37-59-53(40-47)52-27-19-21-29-58(52)62(59)6-3/h15-21,24-37,40-43H,4-14,22-23,38-39H2,1-3H3. The van der Waals surface area contributed by atoms with E-state index in [4.69, 9.17) is 4.98 Å². The first-order valence-electron chi connectivity index (χ1n) is 24.1. The summed E-state index contributed by atoms with van der Waals surface area (Å²) in [5.74, 6) is 0. The van der Waals surface area contributed by atoms with Crippen LogP contribution >= 0.6 is 0 Å². The molecule has 6 aromatic carbocycles. The predicted molar refractivity (Wildman–Crippen MR) is 267 cm³/mol. The molecule has 0 aliphatic heterocycles.